The van der Waals surface area contributed by atoms with Crippen molar-refractivity contribution in [2.75, 3.05) is 9.80 Å². The van der Waals surface area contributed by atoms with Gasteiger partial charge in [-0.25, -0.2) is 4.98 Å². The average molecular weight is 1050 g/mol. The summed E-state index contributed by atoms with van der Waals surface area (Å²) in [5, 5.41) is 1.94. The third kappa shape index (κ3) is 8.46. The van der Waals surface area contributed by atoms with Gasteiger partial charge >= 0.3 is 0 Å². The number of nitrogens with zero attached hydrogens (tertiary/aromatic N) is 4. The molecule has 334 valence electrons. The summed E-state index contributed by atoms with van der Waals surface area (Å²) in [6.07, 6.45) is 1.64. The number of anilines is 4. The van der Waals surface area contributed by atoms with Gasteiger partial charge in [0.05, 0.1) is 6.85 Å². The molecule has 1 aliphatic rings. The van der Waals surface area contributed by atoms with Crippen molar-refractivity contribution in [1.29, 1.82) is 0 Å². The van der Waals surface area contributed by atoms with Crippen LogP contribution in [0, 0.1) is 18.8 Å². The number of aromatic nitrogens is 2. The summed E-state index contributed by atoms with van der Waals surface area (Å²) < 4.78 is 51.6. The topological polar surface area (TPSA) is 33.5 Å². The van der Waals surface area contributed by atoms with Gasteiger partial charge < -0.3 is 19.1 Å². The summed E-state index contributed by atoms with van der Waals surface area (Å²) in [4.78, 5) is 9.43. The Hall–Kier alpha value is -6.42. The molecule has 0 bridgehead atoms. The van der Waals surface area contributed by atoms with Crippen molar-refractivity contribution >= 4 is 44.6 Å². The van der Waals surface area contributed by atoms with Gasteiger partial charge in [0.2, 0.25) is 0 Å². The van der Waals surface area contributed by atoms with E-state index in [9.17, 15) is 0 Å². The van der Waals surface area contributed by atoms with Gasteiger partial charge in [0, 0.05) is 66.9 Å². The average Bonchev–Trinajstić information content (AvgIpc) is 3.88. The van der Waals surface area contributed by atoms with Gasteiger partial charge in [-0.15, -0.1) is 48.1 Å². The second-order valence-corrected chi connectivity index (χ2v) is 20.0. The van der Waals surface area contributed by atoms with Crippen molar-refractivity contribution in [3.05, 3.63) is 199 Å². The summed E-state index contributed by atoms with van der Waals surface area (Å²) >= 11 is 0. The van der Waals surface area contributed by atoms with E-state index in [2.05, 4.69) is 174 Å². The Bertz CT molecular complexity index is 3470. The Balaban J connectivity index is 0.00000624. The van der Waals surface area contributed by atoms with E-state index < -0.39 is 11.5 Å². The zero-order valence-electron chi connectivity index (χ0n) is 43.8. The molecule has 0 spiro atoms. The summed E-state index contributed by atoms with van der Waals surface area (Å²) in [5.74, 6) is 1.60. The number of rotatable bonds is 7. The van der Waals surface area contributed by atoms with Crippen LogP contribution in [0.25, 0.3) is 49.9 Å². The predicted molar refractivity (Wildman–Crippen MR) is 271 cm³/mol. The van der Waals surface area contributed by atoms with E-state index in [-0.39, 0.29) is 61.6 Å². The van der Waals surface area contributed by atoms with Crippen molar-refractivity contribution in [1.82, 2.24) is 9.55 Å². The number of pyridine rings is 1. The normalized spacial score (nSPS) is 14.0. The fourth-order valence-electron chi connectivity index (χ4n) is 8.68. The van der Waals surface area contributed by atoms with Crippen molar-refractivity contribution in [2.45, 2.75) is 78.6 Å². The molecule has 0 atom stereocenters. The molecule has 9 aromatic rings. The van der Waals surface area contributed by atoms with Gasteiger partial charge in [-0.3, -0.25) is 0 Å². The summed E-state index contributed by atoms with van der Waals surface area (Å²) in [6.45, 7) is 21.9. The number of ether oxygens (including phenoxy) is 1. The molecule has 2 aromatic heterocycles. The van der Waals surface area contributed by atoms with E-state index in [4.69, 9.17) is 16.6 Å². The number of para-hydroxylation sites is 2. The number of hydrogen-bond acceptors (Lipinski definition) is 4. The van der Waals surface area contributed by atoms with Gasteiger partial charge in [-0.1, -0.05) is 159 Å². The molecule has 0 saturated carbocycles. The molecule has 0 N–H and O–H groups in total. The Kier molecular flexibility index (Phi) is 10.1. The van der Waals surface area contributed by atoms with Crippen LogP contribution < -0.4 is 14.5 Å². The third-order valence-electron chi connectivity index (χ3n) is 12.2. The summed E-state index contributed by atoms with van der Waals surface area (Å²) in [6, 6.07) is 49.4. The smallest absolute Gasteiger partial charge is 0.135 e. The van der Waals surface area contributed by atoms with Crippen LogP contribution in [0.1, 0.15) is 85.9 Å². The molecule has 0 aliphatic carbocycles. The second kappa shape index (κ2) is 17.1. The molecule has 10 rings (SSSR count). The summed E-state index contributed by atoms with van der Waals surface area (Å²) in [7, 11) is 0. The fraction of sp³-hybridized carbons (Fsp3) is 0.200. The third-order valence-corrected chi connectivity index (χ3v) is 12.2. The van der Waals surface area contributed by atoms with Crippen LogP contribution in [0.5, 0.6) is 11.5 Å². The standard InChI is InChI=1S/C60H55N4O.Pt/c1-58(2,3)43-32-44(59(4,5)6)34-46(33-43)63-39-62(54-25-16-17-26-55(54)63)45-23-18-24-47(35-45)65-48-28-29-49-50-31-42(40-19-12-10-13-20-40)27-30-53(50)64(56(49)36-48)57-37-52(60(7,8)9)51(38-61-57)41-21-14-11-15-22-41;/h10-34,37-39H,1-9H3;/q-3;/i11D,14D,15D,21D,22D;. The first-order valence-corrected chi connectivity index (χ1v) is 22.2. The largest absolute Gasteiger partial charge is 0.509 e. The molecular weight excluding hydrogens is 988 g/mol. The molecule has 7 aromatic carbocycles. The monoisotopic (exact) mass is 1050 g/mol. The van der Waals surface area contributed by atoms with E-state index in [0.29, 0.717) is 22.9 Å². The zero-order valence-corrected chi connectivity index (χ0v) is 41.1. The molecule has 66 heavy (non-hydrogen) atoms. The first kappa shape index (κ1) is 38.8. The van der Waals surface area contributed by atoms with E-state index >= 15 is 0 Å². The molecule has 6 heteroatoms. The molecule has 0 amide bonds. The molecule has 5 nitrogen and oxygen atoms in total. The van der Waals surface area contributed by atoms with E-state index in [0.717, 1.165) is 61.2 Å². The molecule has 3 heterocycles. The minimum Gasteiger partial charge on any atom is -0.509 e. The van der Waals surface area contributed by atoms with Crippen LogP contribution in [0.15, 0.2) is 164 Å². The van der Waals surface area contributed by atoms with Gasteiger partial charge in [0.25, 0.3) is 0 Å². The van der Waals surface area contributed by atoms with Gasteiger partial charge in [0.1, 0.15) is 5.82 Å². The molecular formula is C60H55N4OPt-3. The maximum absolute atomic E-state index is 8.85. The molecule has 0 fully saturated rings. The van der Waals surface area contributed by atoms with Crippen LogP contribution >= 0.6 is 0 Å². The van der Waals surface area contributed by atoms with Crippen molar-refractivity contribution in [2.24, 2.45) is 0 Å². The van der Waals surface area contributed by atoms with Crippen LogP contribution in [0.4, 0.5) is 22.7 Å². The van der Waals surface area contributed by atoms with Crippen molar-refractivity contribution in [3.8, 4) is 39.6 Å². The Morgan fingerprint density at radius 1 is 0.576 bits per heavy atom. The van der Waals surface area contributed by atoms with Crippen LogP contribution in [-0.2, 0) is 37.3 Å². The minimum atomic E-state index is -0.510. The molecule has 0 unspecified atom stereocenters. The first-order valence-electron chi connectivity index (χ1n) is 24.7. The second-order valence-electron chi connectivity index (χ2n) is 20.0. The van der Waals surface area contributed by atoms with Crippen LogP contribution in [-0.4, -0.2) is 9.55 Å². The molecule has 0 radical (unpaired) electrons. The van der Waals surface area contributed by atoms with Crippen molar-refractivity contribution in [3.63, 3.8) is 0 Å². The Morgan fingerprint density at radius 3 is 1.92 bits per heavy atom. The number of hydrogen-bond donors (Lipinski definition) is 0. The molecule has 1 aliphatic heterocycles. The fourth-order valence-corrected chi connectivity index (χ4v) is 8.68. The predicted octanol–water partition coefficient (Wildman–Crippen LogP) is 16.2. The zero-order chi connectivity index (χ0) is 49.6. The SMILES string of the molecule is [2H]c1c([2H])c([2H])c(-c2cnc(-n3c4[c-]c(Oc5[c-]c(N6[CH-]N(c7cc(C(C)(C)C)cc(C(C)(C)C)c7)c7ccccc76)ccc5)ccc4c4cc(-c5ccccc5)ccc43)cc2C(C)(C)C)c([2H])c1[2H].[Pt]. The van der Waals surface area contributed by atoms with Crippen LogP contribution in [0.2, 0.25) is 0 Å². The number of benzene rings is 7. The minimum absolute atomic E-state index is 0. The maximum atomic E-state index is 8.85. The quantitative estimate of drug-likeness (QED) is 0.149. The number of fused-ring (bicyclic) bond motifs is 4. The van der Waals surface area contributed by atoms with Crippen LogP contribution in [0.3, 0.4) is 0 Å². The Labute approximate surface area is 412 Å². The molecule has 0 saturated heterocycles. The van der Waals surface area contributed by atoms with Crippen molar-refractivity contribution < 1.29 is 32.7 Å². The summed E-state index contributed by atoms with van der Waals surface area (Å²) in [5.41, 5.74) is 11.2. The van der Waals surface area contributed by atoms with E-state index in [1.165, 1.54) is 11.1 Å². The first-order chi connectivity index (χ1) is 33.2. The van der Waals surface area contributed by atoms with E-state index in [1.54, 1.807) is 6.20 Å². The van der Waals surface area contributed by atoms with Gasteiger partial charge in [-0.2, -0.15) is 12.1 Å². The Morgan fingerprint density at radius 2 is 1.24 bits per heavy atom. The van der Waals surface area contributed by atoms with Gasteiger partial charge in [0.15, 0.2) is 0 Å². The van der Waals surface area contributed by atoms with E-state index in [1.807, 2.05) is 48.5 Å². The van der Waals surface area contributed by atoms with Gasteiger partial charge in [-0.05, 0) is 91.4 Å². The maximum Gasteiger partial charge on any atom is 0.135 e.